The van der Waals surface area contributed by atoms with Gasteiger partial charge in [0.05, 0.1) is 5.56 Å². The Morgan fingerprint density at radius 2 is 2.29 bits per heavy atom. The van der Waals surface area contributed by atoms with Crippen LogP contribution in [-0.2, 0) is 0 Å². The molecule has 1 aromatic heterocycles. The molecule has 2 rings (SSSR count). The lowest BCUT2D eigenvalue weighted by Gasteiger charge is -2.25. The Hall–Kier alpha value is -1.82. The molecule has 1 aliphatic heterocycles. The number of pyridine rings is 1. The van der Waals surface area contributed by atoms with Crippen LogP contribution in [0.5, 0.6) is 0 Å². The van der Waals surface area contributed by atoms with Crippen LogP contribution in [0.1, 0.15) is 35.8 Å². The van der Waals surface area contributed by atoms with Crippen LogP contribution in [0.15, 0.2) is 30.0 Å². The SMILES string of the molecule is CC1=CCN(CCNC(=O)c2ccc(C(F)F)nc2)CC1. The van der Waals surface area contributed by atoms with Crippen molar-refractivity contribution in [2.24, 2.45) is 0 Å². The molecule has 2 heterocycles. The number of hydrogen-bond donors (Lipinski definition) is 1. The molecule has 0 aromatic carbocycles. The van der Waals surface area contributed by atoms with Gasteiger partial charge in [0.25, 0.3) is 12.3 Å². The normalized spacial score (nSPS) is 15.9. The van der Waals surface area contributed by atoms with Crippen LogP contribution in [0.3, 0.4) is 0 Å². The molecule has 4 nitrogen and oxygen atoms in total. The number of carbonyl (C=O) groups excluding carboxylic acids is 1. The maximum absolute atomic E-state index is 12.4. The maximum Gasteiger partial charge on any atom is 0.280 e. The van der Waals surface area contributed by atoms with Gasteiger partial charge in [-0.05, 0) is 25.5 Å². The fraction of sp³-hybridized carbons (Fsp3) is 0.467. The molecule has 1 N–H and O–H groups in total. The number of carbonyl (C=O) groups is 1. The Kier molecular flexibility index (Phi) is 5.38. The van der Waals surface area contributed by atoms with Gasteiger partial charge in [0.15, 0.2) is 0 Å². The minimum Gasteiger partial charge on any atom is -0.351 e. The van der Waals surface area contributed by atoms with Gasteiger partial charge in [-0.15, -0.1) is 0 Å². The Labute approximate surface area is 122 Å². The largest absolute Gasteiger partial charge is 0.351 e. The molecule has 0 unspecified atom stereocenters. The van der Waals surface area contributed by atoms with Gasteiger partial charge in [-0.3, -0.25) is 14.7 Å². The standard InChI is InChI=1S/C15H19F2N3O/c1-11-4-7-20(8-5-11)9-6-18-15(21)12-2-3-13(14(16)17)19-10-12/h2-4,10,14H,5-9H2,1H3,(H,18,21). The van der Waals surface area contributed by atoms with E-state index in [0.29, 0.717) is 12.1 Å². The van der Waals surface area contributed by atoms with Crippen LogP contribution < -0.4 is 5.32 Å². The van der Waals surface area contributed by atoms with Gasteiger partial charge in [0, 0.05) is 32.4 Å². The van der Waals surface area contributed by atoms with Crippen molar-refractivity contribution in [1.82, 2.24) is 15.2 Å². The fourth-order valence-electron chi connectivity index (χ4n) is 2.11. The summed E-state index contributed by atoms with van der Waals surface area (Å²) in [6.45, 7) is 5.34. The molecule has 1 amide bonds. The summed E-state index contributed by atoms with van der Waals surface area (Å²) in [4.78, 5) is 17.7. The fourth-order valence-corrected chi connectivity index (χ4v) is 2.11. The van der Waals surface area contributed by atoms with Crippen molar-refractivity contribution in [1.29, 1.82) is 0 Å². The van der Waals surface area contributed by atoms with E-state index in [1.807, 2.05) is 0 Å². The van der Waals surface area contributed by atoms with E-state index in [2.05, 4.69) is 28.2 Å². The van der Waals surface area contributed by atoms with Crippen LogP contribution in [-0.4, -0.2) is 42.0 Å². The van der Waals surface area contributed by atoms with Crippen molar-refractivity contribution >= 4 is 5.91 Å². The molecule has 0 atom stereocenters. The lowest BCUT2D eigenvalue weighted by atomic mass is 10.1. The zero-order chi connectivity index (χ0) is 15.2. The number of hydrogen-bond acceptors (Lipinski definition) is 3. The Bertz CT molecular complexity index is 514. The summed E-state index contributed by atoms with van der Waals surface area (Å²) in [5, 5.41) is 2.78. The summed E-state index contributed by atoms with van der Waals surface area (Å²) in [6.07, 6.45) is 1.83. The van der Waals surface area contributed by atoms with E-state index in [1.165, 1.54) is 23.9 Å². The zero-order valence-electron chi connectivity index (χ0n) is 12.0. The zero-order valence-corrected chi connectivity index (χ0v) is 12.0. The molecule has 0 saturated heterocycles. The van der Waals surface area contributed by atoms with Gasteiger partial charge in [-0.2, -0.15) is 0 Å². The summed E-state index contributed by atoms with van der Waals surface area (Å²) in [7, 11) is 0. The average Bonchev–Trinajstić information content (AvgIpc) is 2.49. The highest BCUT2D eigenvalue weighted by molar-refractivity contribution is 5.93. The van der Waals surface area contributed by atoms with Crippen LogP contribution in [0.4, 0.5) is 8.78 Å². The van der Waals surface area contributed by atoms with Crippen molar-refractivity contribution < 1.29 is 13.6 Å². The Balaban J connectivity index is 1.77. The monoisotopic (exact) mass is 295 g/mol. The summed E-state index contributed by atoms with van der Waals surface area (Å²) in [5.41, 5.74) is 1.39. The molecule has 0 radical (unpaired) electrons. The minimum atomic E-state index is -2.61. The predicted molar refractivity (Wildman–Crippen MR) is 76.3 cm³/mol. The van der Waals surface area contributed by atoms with E-state index in [9.17, 15) is 13.6 Å². The Morgan fingerprint density at radius 1 is 1.48 bits per heavy atom. The molecule has 0 aliphatic carbocycles. The number of halogens is 2. The van der Waals surface area contributed by atoms with E-state index in [1.54, 1.807) is 0 Å². The van der Waals surface area contributed by atoms with Gasteiger partial charge in [-0.1, -0.05) is 11.6 Å². The van der Waals surface area contributed by atoms with Gasteiger partial charge in [0.2, 0.25) is 0 Å². The maximum atomic E-state index is 12.4. The molecule has 1 aliphatic rings. The molecule has 0 bridgehead atoms. The van der Waals surface area contributed by atoms with Gasteiger partial charge in [-0.25, -0.2) is 8.78 Å². The molecule has 0 fully saturated rings. The van der Waals surface area contributed by atoms with E-state index in [0.717, 1.165) is 26.1 Å². The van der Waals surface area contributed by atoms with Crippen LogP contribution in [0.2, 0.25) is 0 Å². The molecule has 0 spiro atoms. The summed E-state index contributed by atoms with van der Waals surface area (Å²) < 4.78 is 24.7. The van der Waals surface area contributed by atoms with Crippen molar-refractivity contribution in [3.8, 4) is 0 Å². The number of nitrogens with zero attached hydrogens (tertiary/aromatic N) is 2. The predicted octanol–water partition coefficient (Wildman–Crippen LogP) is 2.40. The highest BCUT2D eigenvalue weighted by Gasteiger charge is 2.12. The van der Waals surface area contributed by atoms with Crippen molar-refractivity contribution in [2.75, 3.05) is 26.2 Å². The van der Waals surface area contributed by atoms with Crippen LogP contribution >= 0.6 is 0 Å². The first-order valence-corrected chi connectivity index (χ1v) is 6.96. The second kappa shape index (κ2) is 7.26. The van der Waals surface area contributed by atoms with E-state index < -0.39 is 6.43 Å². The first-order valence-electron chi connectivity index (χ1n) is 6.96. The van der Waals surface area contributed by atoms with Crippen LogP contribution in [0, 0.1) is 0 Å². The first-order chi connectivity index (χ1) is 10.1. The Morgan fingerprint density at radius 3 is 2.86 bits per heavy atom. The van der Waals surface area contributed by atoms with Gasteiger partial charge < -0.3 is 5.32 Å². The smallest absolute Gasteiger partial charge is 0.280 e. The average molecular weight is 295 g/mol. The van der Waals surface area contributed by atoms with Crippen LogP contribution in [0.25, 0.3) is 0 Å². The molecule has 0 saturated carbocycles. The number of amides is 1. The van der Waals surface area contributed by atoms with Crippen molar-refractivity contribution in [3.63, 3.8) is 0 Å². The van der Waals surface area contributed by atoms with E-state index in [-0.39, 0.29) is 11.6 Å². The van der Waals surface area contributed by atoms with Crippen molar-refractivity contribution in [3.05, 3.63) is 41.2 Å². The molecule has 6 heteroatoms. The van der Waals surface area contributed by atoms with Gasteiger partial charge >= 0.3 is 0 Å². The third-order valence-corrected chi connectivity index (χ3v) is 3.51. The highest BCUT2D eigenvalue weighted by atomic mass is 19.3. The third-order valence-electron chi connectivity index (χ3n) is 3.51. The van der Waals surface area contributed by atoms with Crippen molar-refractivity contribution in [2.45, 2.75) is 19.8 Å². The summed E-state index contributed by atoms with van der Waals surface area (Å²) >= 11 is 0. The minimum absolute atomic E-state index is 0.285. The quantitative estimate of drug-likeness (QED) is 0.848. The lowest BCUT2D eigenvalue weighted by Crippen LogP contribution is -2.37. The number of nitrogens with one attached hydrogen (secondary N) is 1. The second-order valence-corrected chi connectivity index (χ2v) is 5.13. The molecule has 114 valence electrons. The van der Waals surface area contributed by atoms with E-state index in [4.69, 9.17) is 0 Å². The highest BCUT2D eigenvalue weighted by Crippen LogP contribution is 2.15. The molecule has 1 aromatic rings. The topological polar surface area (TPSA) is 45.2 Å². The van der Waals surface area contributed by atoms with E-state index >= 15 is 0 Å². The number of aromatic nitrogens is 1. The lowest BCUT2D eigenvalue weighted by molar-refractivity contribution is 0.0947. The first kappa shape index (κ1) is 15.6. The number of alkyl halides is 2. The summed E-state index contributed by atoms with van der Waals surface area (Å²) in [5.74, 6) is -0.285. The van der Waals surface area contributed by atoms with Gasteiger partial charge in [0.1, 0.15) is 5.69 Å². The second-order valence-electron chi connectivity index (χ2n) is 5.13. The molecular weight excluding hydrogens is 276 g/mol. The third kappa shape index (κ3) is 4.60. The number of rotatable bonds is 5. The molecule has 21 heavy (non-hydrogen) atoms. The summed E-state index contributed by atoms with van der Waals surface area (Å²) in [6, 6.07) is 2.55. The molecular formula is C15H19F2N3O.